The Bertz CT molecular complexity index is 1070. The highest BCUT2D eigenvalue weighted by Crippen LogP contribution is 2.37. The Hall–Kier alpha value is -3.14. The molecular formula is C22H22F3N3O4. The summed E-state index contributed by atoms with van der Waals surface area (Å²) in [4.78, 5) is 32.6. The fourth-order valence-corrected chi connectivity index (χ4v) is 4.11. The number of halogens is 3. The zero-order valence-electron chi connectivity index (χ0n) is 17.5. The van der Waals surface area contributed by atoms with Gasteiger partial charge in [-0.3, -0.25) is 14.5 Å². The van der Waals surface area contributed by atoms with Crippen molar-refractivity contribution in [1.29, 1.82) is 0 Å². The fraction of sp³-hybridized carbons (Fsp3) is 0.409. The maximum atomic E-state index is 13.1. The molecule has 0 radical (unpaired) electrons. The van der Waals surface area contributed by atoms with E-state index in [9.17, 15) is 27.9 Å². The number of pyridine rings is 1. The number of aliphatic hydroxyl groups is 1. The molecule has 1 N–H and O–H groups in total. The second-order valence-electron chi connectivity index (χ2n) is 8.06. The van der Waals surface area contributed by atoms with Crippen LogP contribution < -0.4 is 9.64 Å². The van der Waals surface area contributed by atoms with Crippen LogP contribution in [0.4, 0.5) is 19.0 Å². The van der Waals surface area contributed by atoms with Crippen molar-refractivity contribution in [2.24, 2.45) is 0 Å². The summed E-state index contributed by atoms with van der Waals surface area (Å²) in [7, 11) is 0. The molecule has 1 fully saturated rings. The summed E-state index contributed by atoms with van der Waals surface area (Å²) in [6.45, 7) is 2.46. The first-order chi connectivity index (χ1) is 15.0. The minimum Gasteiger partial charge on any atom is -0.484 e. The van der Waals surface area contributed by atoms with Crippen molar-refractivity contribution >= 4 is 17.6 Å². The number of fused-ring (bicyclic) bond motifs is 1. The van der Waals surface area contributed by atoms with Gasteiger partial charge in [-0.15, -0.1) is 0 Å². The van der Waals surface area contributed by atoms with Crippen LogP contribution >= 0.6 is 0 Å². The molecule has 2 aromatic rings. The number of alkyl halides is 3. The minimum absolute atomic E-state index is 0.0153. The zero-order valence-corrected chi connectivity index (χ0v) is 17.5. The summed E-state index contributed by atoms with van der Waals surface area (Å²) in [5, 5.41) is 9.81. The number of rotatable bonds is 5. The summed E-state index contributed by atoms with van der Waals surface area (Å²) in [5.41, 5.74) is 2.33. The Balaban J connectivity index is 1.56. The van der Waals surface area contributed by atoms with E-state index in [2.05, 4.69) is 4.98 Å². The third-order valence-corrected chi connectivity index (χ3v) is 5.75. The first-order valence-corrected chi connectivity index (χ1v) is 10.1. The van der Waals surface area contributed by atoms with Gasteiger partial charge in [-0.2, -0.15) is 13.2 Å². The topological polar surface area (TPSA) is 83.0 Å². The second-order valence-corrected chi connectivity index (χ2v) is 8.06. The van der Waals surface area contributed by atoms with Gasteiger partial charge in [0.25, 0.3) is 5.91 Å². The molecule has 4 rings (SSSR count). The van der Waals surface area contributed by atoms with E-state index in [0.29, 0.717) is 22.5 Å². The number of carbonyl (C=O) groups excluding carboxylic acids is 2. The van der Waals surface area contributed by atoms with E-state index in [1.165, 1.54) is 17.2 Å². The van der Waals surface area contributed by atoms with Gasteiger partial charge in [0.15, 0.2) is 6.61 Å². The molecule has 2 amide bonds. The van der Waals surface area contributed by atoms with E-state index < -0.39 is 18.9 Å². The Kier molecular flexibility index (Phi) is 5.58. The third kappa shape index (κ3) is 4.14. The lowest BCUT2D eigenvalue weighted by Crippen LogP contribution is -2.28. The number of amides is 2. The number of aryl methyl sites for hydroxylation is 1. The van der Waals surface area contributed by atoms with E-state index in [-0.39, 0.29) is 43.1 Å². The molecular weight excluding hydrogens is 427 g/mol. The smallest absolute Gasteiger partial charge is 0.422 e. The van der Waals surface area contributed by atoms with E-state index in [1.54, 1.807) is 30.0 Å². The minimum atomic E-state index is -4.43. The molecule has 170 valence electrons. The van der Waals surface area contributed by atoms with E-state index in [4.69, 9.17) is 4.74 Å². The number of aromatic nitrogens is 1. The normalized spacial score (nSPS) is 19.5. The second kappa shape index (κ2) is 8.09. The van der Waals surface area contributed by atoms with Crippen molar-refractivity contribution < 1.29 is 32.6 Å². The average Bonchev–Trinajstić information content (AvgIpc) is 3.24. The lowest BCUT2D eigenvalue weighted by Gasteiger charge is -2.26. The zero-order chi connectivity index (χ0) is 23.2. The lowest BCUT2D eigenvalue weighted by molar-refractivity contribution is -0.153. The molecule has 2 aliphatic rings. The number of aliphatic hydroxyl groups excluding tert-OH is 1. The van der Waals surface area contributed by atoms with Crippen LogP contribution in [0, 0.1) is 6.92 Å². The van der Waals surface area contributed by atoms with Gasteiger partial charge in [-0.05, 0) is 37.1 Å². The number of carbonyl (C=O) groups is 2. The highest BCUT2D eigenvalue weighted by atomic mass is 19.4. The van der Waals surface area contributed by atoms with Crippen molar-refractivity contribution in [2.75, 3.05) is 18.1 Å². The molecule has 0 bridgehead atoms. The van der Waals surface area contributed by atoms with Crippen LogP contribution in [0.3, 0.4) is 0 Å². The summed E-state index contributed by atoms with van der Waals surface area (Å²) >= 11 is 0. The Morgan fingerprint density at radius 1 is 1.28 bits per heavy atom. The number of β-amino-alcohol motifs (C(OH)–C–C–N with tert-alkyl or cyclic N) is 1. The first-order valence-electron chi connectivity index (χ1n) is 10.1. The van der Waals surface area contributed by atoms with Gasteiger partial charge in [0.2, 0.25) is 5.91 Å². The van der Waals surface area contributed by atoms with E-state index in [0.717, 1.165) is 5.56 Å². The lowest BCUT2D eigenvalue weighted by atomic mass is 10.0. The monoisotopic (exact) mass is 449 g/mol. The van der Waals surface area contributed by atoms with Crippen molar-refractivity contribution in [3.8, 4) is 5.75 Å². The van der Waals surface area contributed by atoms with Crippen LogP contribution in [-0.2, 0) is 11.3 Å². The molecule has 0 spiro atoms. The SMILES string of the molecule is Cc1cc(C(C)N2Cc3c(ccnc3N3C[C@H](O)CC3=O)C2=O)ccc1OCC(F)(F)F. The third-order valence-electron chi connectivity index (χ3n) is 5.75. The average molecular weight is 449 g/mol. The molecule has 7 nitrogen and oxygen atoms in total. The van der Waals surface area contributed by atoms with Gasteiger partial charge < -0.3 is 14.7 Å². The molecule has 0 aliphatic carbocycles. The number of anilines is 1. The Labute approximate surface area is 182 Å². The maximum Gasteiger partial charge on any atom is 0.422 e. The van der Waals surface area contributed by atoms with Crippen molar-refractivity contribution in [3.05, 3.63) is 52.7 Å². The quantitative estimate of drug-likeness (QED) is 0.759. The van der Waals surface area contributed by atoms with Crippen LogP contribution in [0.1, 0.15) is 46.4 Å². The van der Waals surface area contributed by atoms with Gasteiger partial charge in [0.1, 0.15) is 11.6 Å². The number of hydrogen-bond acceptors (Lipinski definition) is 5. The predicted molar refractivity (Wildman–Crippen MR) is 108 cm³/mol. The number of benzene rings is 1. The first kappa shape index (κ1) is 22.1. The van der Waals surface area contributed by atoms with Crippen LogP contribution in [-0.4, -0.2) is 52.2 Å². The molecule has 3 heterocycles. The Morgan fingerprint density at radius 3 is 2.66 bits per heavy atom. The maximum absolute atomic E-state index is 13.1. The van der Waals surface area contributed by atoms with Crippen LogP contribution in [0.5, 0.6) is 5.75 Å². The molecule has 1 aromatic carbocycles. The van der Waals surface area contributed by atoms with Gasteiger partial charge in [0.05, 0.1) is 31.7 Å². The predicted octanol–water partition coefficient (Wildman–Crippen LogP) is 3.15. The van der Waals surface area contributed by atoms with Crippen LogP contribution in [0.15, 0.2) is 30.5 Å². The van der Waals surface area contributed by atoms with Gasteiger partial charge in [0, 0.05) is 17.3 Å². The Morgan fingerprint density at radius 2 is 2.03 bits per heavy atom. The highest BCUT2D eigenvalue weighted by molar-refractivity contribution is 6.02. The van der Waals surface area contributed by atoms with Crippen molar-refractivity contribution in [2.45, 2.75) is 45.1 Å². The van der Waals surface area contributed by atoms with Crippen LogP contribution in [0.25, 0.3) is 0 Å². The van der Waals surface area contributed by atoms with E-state index in [1.807, 2.05) is 6.92 Å². The molecule has 2 aliphatic heterocycles. The molecule has 1 saturated heterocycles. The van der Waals surface area contributed by atoms with Gasteiger partial charge in [-0.25, -0.2) is 4.98 Å². The number of ether oxygens (including phenoxy) is 1. The number of nitrogens with zero attached hydrogens (tertiary/aromatic N) is 3. The van der Waals surface area contributed by atoms with Crippen molar-refractivity contribution in [3.63, 3.8) is 0 Å². The van der Waals surface area contributed by atoms with Crippen molar-refractivity contribution in [1.82, 2.24) is 9.88 Å². The summed E-state index contributed by atoms with van der Waals surface area (Å²) in [5.74, 6) is 0.0342. The standard InChI is InChI=1S/C22H22F3N3O4/c1-12-7-14(3-4-18(12)32-11-22(23,24)25)13(2)27-10-17-16(21(27)31)5-6-26-20(17)28-9-15(29)8-19(28)30/h3-7,13,15,29H,8-11H2,1-2H3/t13?,15-/m1/s1. The molecule has 10 heteroatoms. The molecule has 1 unspecified atom stereocenters. The fourth-order valence-electron chi connectivity index (χ4n) is 4.11. The molecule has 1 aromatic heterocycles. The summed E-state index contributed by atoms with van der Waals surface area (Å²) in [6, 6.07) is 6.03. The molecule has 0 saturated carbocycles. The molecule has 2 atom stereocenters. The van der Waals surface area contributed by atoms with Crippen LogP contribution in [0.2, 0.25) is 0 Å². The molecule has 32 heavy (non-hydrogen) atoms. The van der Waals surface area contributed by atoms with Gasteiger partial charge in [-0.1, -0.05) is 12.1 Å². The summed E-state index contributed by atoms with van der Waals surface area (Å²) < 4.78 is 42.2. The number of hydrogen-bond donors (Lipinski definition) is 1. The summed E-state index contributed by atoms with van der Waals surface area (Å²) in [6.07, 6.45) is -3.71. The largest absolute Gasteiger partial charge is 0.484 e. The highest BCUT2D eigenvalue weighted by Gasteiger charge is 2.38. The van der Waals surface area contributed by atoms with Gasteiger partial charge >= 0.3 is 6.18 Å². The van der Waals surface area contributed by atoms with E-state index >= 15 is 0 Å².